The van der Waals surface area contributed by atoms with Crippen molar-refractivity contribution < 1.29 is 19.4 Å². The lowest BCUT2D eigenvalue weighted by Crippen LogP contribution is -2.49. The number of hydrogen-bond acceptors (Lipinski definition) is 4. The number of benzene rings is 1. The molecule has 2 aliphatic carbocycles. The molecule has 2 aliphatic rings. The van der Waals surface area contributed by atoms with Crippen molar-refractivity contribution in [3.8, 4) is 11.5 Å². The lowest BCUT2D eigenvalue weighted by atomic mass is 9.53. The second-order valence-electron chi connectivity index (χ2n) is 6.89. The second-order valence-corrected chi connectivity index (χ2v) is 6.89. The van der Waals surface area contributed by atoms with Crippen LogP contribution in [0.25, 0.3) is 0 Å². The first-order valence-corrected chi connectivity index (χ1v) is 8.31. The van der Waals surface area contributed by atoms with E-state index in [0.717, 1.165) is 11.1 Å². The molecule has 1 aromatic carbocycles. The summed E-state index contributed by atoms with van der Waals surface area (Å²) in [5.41, 5.74) is 1.28. The minimum Gasteiger partial charge on any atom is -0.508 e. The van der Waals surface area contributed by atoms with Gasteiger partial charge in [-0.25, -0.2) is 0 Å². The Morgan fingerprint density at radius 2 is 2.08 bits per heavy atom. The number of hydrogen-bond donors (Lipinski definition) is 1. The Kier molecular flexibility index (Phi) is 4.15. The van der Waals surface area contributed by atoms with Crippen LogP contribution in [-0.2, 0) is 9.59 Å². The topological polar surface area (TPSA) is 63.6 Å². The van der Waals surface area contributed by atoms with Gasteiger partial charge in [0.05, 0.1) is 12.5 Å². The van der Waals surface area contributed by atoms with E-state index in [1.807, 2.05) is 13.0 Å². The van der Waals surface area contributed by atoms with Crippen molar-refractivity contribution in [2.45, 2.75) is 26.2 Å². The summed E-state index contributed by atoms with van der Waals surface area (Å²) in [6, 6.07) is 4.85. The maximum Gasteiger partial charge on any atom is 0.163 e. The molecule has 0 radical (unpaired) electrons. The Morgan fingerprint density at radius 1 is 1.36 bits per heavy atom. The minimum absolute atomic E-state index is 0.0178. The summed E-state index contributed by atoms with van der Waals surface area (Å²) in [6.45, 7) is 7.44. The Balaban J connectivity index is 2.27. The van der Waals surface area contributed by atoms with E-state index in [1.54, 1.807) is 25.1 Å². The molecule has 0 spiro atoms. The molecule has 0 heterocycles. The van der Waals surface area contributed by atoms with Gasteiger partial charge >= 0.3 is 0 Å². The first kappa shape index (κ1) is 17.2. The summed E-state index contributed by atoms with van der Waals surface area (Å²) in [7, 11) is 1.52. The van der Waals surface area contributed by atoms with Gasteiger partial charge in [-0.1, -0.05) is 31.7 Å². The van der Waals surface area contributed by atoms with Gasteiger partial charge in [0.1, 0.15) is 11.5 Å². The lowest BCUT2D eigenvalue weighted by Gasteiger charge is -2.47. The Labute approximate surface area is 147 Å². The van der Waals surface area contributed by atoms with Crippen molar-refractivity contribution in [3.63, 3.8) is 0 Å². The van der Waals surface area contributed by atoms with E-state index in [4.69, 9.17) is 4.74 Å². The third-order valence-corrected chi connectivity index (χ3v) is 5.59. The zero-order valence-electron chi connectivity index (χ0n) is 14.7. The van der Waals surface area contributed by atoms with E-state index in [1.165, 1.54) is 19.3 Å². The van der Waals surface area contributed by atoms with Crippen molar-refractivity contribution in [1.82, 2.24) is 0 Å². The molecule has 0 saturated heterocycles. The van der Waals surface area contributed by atoms with E-state index in [0.29, 0.717) is 17.7 Å². The summed E-state index contributed by atoms with van der Waals surface area (Å²) in [4.78, 5) is 25.8. The molecule has 0 aliphatic heterocycles. The third-order valence-electron chi connectivity index (χ3n) is 5.59. The van der Waals surface area contributed by atoms with Crippen molar-refractivity contribution >= 4 is 11.6 Å². The van der Waals surface area contributed by atoms with Gasteiger partial charge in [-0.3, -0.25) is 9.59 Å². The number of ketones is 2. The van der Waals surface area contributed by atoms with Gasteiger partial charge in [0.15, 0.2) is 11.6 Å². The number of fused-ring (bicyclic) bond motifs is 1. The van der Waals surface area contributed by atoms with Crippen LogP contribution in [0.2, 0.25) is 0 Å². The van der Waals surface area contributed by atoms with E-state index >= 15 is 0 Å². The first-order valence-electron chi connectivity index (χ1n) is 8.31. The zero-order chi connectivity index (χ0) is 18.4. The largest absolute Gasteiger partial charge is 0.508 e. The van der Waals surface area contributed by atoms with Gasteiger partial charge in [0.2, 0.25) is 0 Å². The molecule has 0 saturated carbocycles. The number of carbonyl (C=O) groups is 2. The van der Waals surface area contributed by atoms with Gasteiger partial charge in [0, 0.05) is 23.5 Å². The van der Waals surface area contributed by atoms with Gasteiger partial charge in [-0.15, -0.1) is 0 Å². The molecule has 1 aromatic rings. The number of Topliss-reactive ketones (excluding diaryl/α,β-unsaturated/α-hetero) is 1. The molecule has 4 nitrogen and oxygen atoms in total. The second kappa shape index (κ2) is 6.03. The first-order chi connectivity index (χ1) is 11.8. The number of rotatable bonds is 3. The number of methoxy groups -OCH3 is 1. The van der Waals surface area contributed by atoms with Crippen LogP contribution in [0.1, 0.15) is 31.7 Å². The standard InChI is InChI=1S/C21H22O4/c1-5-13-6-9-16-20(24)12(2)10-18(23)21(16,3)19(13)15-8-7-14(22)11-17(15)25-4/h5-8,10-11,16,19,22H,1,9H2,2-4H3/t16-,19+,21-/m0/s1. The molecule has 0 unspecified atom stereocenters. The average Bonchev–Trinajstić information content (AvgIpc) is 2.59. The molecule has 0 bridgehead atoms. The van der Waals surface area contributed by atoms with E-state index in [9.17, 15) is 14.7 Å². The Bertz CT molecular complexity index is 830. The molecule has 0 aromatic heterocycles. The van der Waals surface area contributed by atoms with Gasteiger partial charge in [-0.2, -0.15) is 0 Å². The molecule has 130 valence electrons. The van der Waals surface area contributed by atoms with Crippen molar-refractivity contribution in [1.29, 1.82) is 0 Å². The number of allylic oxidation sites excluding steroid dienone is 5. The summed E-state index contributed by atoms with van der Waals surface area (Å²) >= 11 is 0. The molecule has 25 heavy (non-hydrogen) atoms. The average molecular weight is 338 g/mol. The Morgan fingerprint density at radius 3 is 2.72 bits per heavy atom. The fourth-order valence-corrected chi connectivity index (χ4v) is 4.20. The fourth-order valence-electron chi connectivity index (χ4n) is 4.20. The molecular weight excluding hydrogens is 316 g/mol. The maximum absolute atomic E-state index is 13.0. The molecule has 4 heteroatoms. The van der Waals surface area contributed by atoms with Crippen molar-refractivity contribution in [3.05, 3.63) is 59.7 Å². The van der Waals surface area contributed by atoms with Crippen molar-refractivity contribution in [2.24, 2.45) is 11.3 Å². The molecular formula is C21H22O4. The predicted octanol–water partition coefficient (Wildman–Crippen LogP) is 3.72. The summed E-state index contributed by atoms with van der Waals surface area (Å²) in [5, 5.41) is 9.77. The highest BCUT2D eigenvalue weighted by Gasteiger charge is 2.55. The quantitative estimate of drug-likeness (QED) is 0.912. The number of phenols is 1. The van der Waals surface area contributed by atoms with Crippen LogP contribution < -0.4 is 4.74 Å². The van der Waals surface area contributed by atoms with Crippen LogP contribution in [-0.4, -0.2) is 23.8 Å². The molecule has 0 fully saturated rings. The number of phenolic OH excluding ortho intramolecular Hbond substituents is 1. The summed E-state index contributed by atoms with van der Waals surface area (Å²) in [5.74, 6) is -0.223. The highest BCUT2D eigenvalue weighted by atomic mass is 16.5. The van der Waals surface area contributed by atoms with Crippen LogP contribution in [0.4, 0.5) is 0 Å². The van der Waals surface area contributed by atoms with Crippen LogP contribution in [0.3, 0.4) is 0 Å². The van der Waals surface area contributed by atoms with Crippen molar-refractivity contribution in [2.75, 3.05) is 7.11 Å². The van der Waals surface area contributed by atoms with Gasteiger partial charge in [-0.05, 0) is 36.6 Å². The lowest BCUT2D eigenvalue weighted by molar-refractivity contribution is -0.137. The van der Waals surface area contributed by atoms with Crippen LogP contribution in [0.15, 0.2) is 54.2 Å². The number of aromatic hydroxyl groups is 1. The fraction of sp³-hybridized carbons (Fsp3) is 0.333. The van der Waals surface area contributed by atoms with Crippen LogP contribution >= 0.6 is 0 Å². The van der Waals surface area contributed by atoms with Gasteiger partial charge < -0.3 is 9.84 Å². The van der Waals surface area contributed by atoms with Gasteiger partial charge in [0.25, 0.3) is 0 Å². The Hall–Kier alpha value is -2.62. The summed E-state index contributed by atoms with van der Waals surface area (Å²) < 4.78 is 5.45. The van der Waals surface area contributed by atoms with E-state index in [-0.39, 0.29) is 23.2 Å². The van der Waals surface area contributed by atoms with Crippen LogP contribution in [0, 0.1) is 11.3 Å². The third kappa shape index (κ3) is 2.44. The highest BCUT2D eigenvalue weighted by Crippen LogP contribution is 2.56. The zero-order valence-corrected chi connectivity index (χ0v) is 14.7. The molecule has 3 rings (SSSR count). The molecule has 3 atom stereocenters. The monoisotopic (exact) mass is 338 g/mol. The normalized spacial score (nSPS) is 28.8. The molecule has 1 N–H and O–H groups in total. The predicted molar refractivity (Wildman–Crippen MR) is 95.7 cm³/mol. The summed E-state index contributed by atoms with van der Waals surface area (Å²) in [6.07, 6.45) is 5.71. The maximum atomic E-state index is 13.0. The van der Waals surface area contributed by atoms with E-state index in [2.05, 4.69) is 6.58 Å². The SMILES string of the molecule is C=CC1=CC[C@H]2C(=O)C(C)=CC(=O)[C@@]2(C)[C@H]1c1ccc(O)cc1OC. The minimum atomic E-state index is -0.904. The number of ether oxygens (including phenoxy) is 1. The smallest absolute Gasteiger partial charge is 0.163 e. The van der Waals surface area contributed by atoms with Crippen LogP contribution in [0.5, 0.6) is 11.5 Å². The van der Waals surface area contributed by atoms with E-state index < -0.39 is 11.3 Å². The molecule has 0 amide bonds. The number of carbonyl (C=O) groups excluding carboxylic acids is 2. The highest BCUT2D eigenvalue weighted by molar-refractivity contribution is 6.13.